The van der Waals surface area contributed by atoms with Gasteiger partial charge in [0.2, 0.25) is 5.78 Å². The summed E-state index contributed by atoms with van der Waals surface area (Å²) in [5.74, 6) is 0.387. The molecule has 1 saturated heterocycles. The number of carbonyl (C=O) groups excluding carboxylic acids is 2. The zero-order chi connectivity index (χ0) is 17.6. The molecule has 0 spiro atoms. The molecule has 1 atom stereocenters. The number of amidine groups is 1. The summed E-state index contributed by atoms with van der Waals surface area (Å²) >= 11 is 0. The van der Waals surface area contributed by atoms with Crippen molar-refractivity contribution in [3.63, 3.8) is 0 Å². The fraction of sp³-hybridized carbons (Fsp3) is 0.211. The van der Waals surface area contributed by atoms with E-state index >= 15 is 0 Å². The normalized spacial score (nSPS) is 21.4. The molecule has 0 radical (unpaired) electrons. The smallest absolute Gasteiger partial charge is 0.298 e. The number of aliphatic hydroxyl groups is 1. The number of hydrogen-bond donors (Lipinski definition) is 1. The molecule has 0 aliphatic carbocycles. The summed E-state index contributed by atoms with van der Waals surface area (Å²) in [6, 6.07) is 12.3. The van der Waals surface area contributed by atoms with Gasteiger partial charge >= 0.3 is 0 Å². The first kappa shape index (κ1) is 15.5. The van der Waals surface area contributed by atoms with Gasteiger partial charge in [0.15, 0.2) is 5.60 Å². The van der Waals surface area contributed by atoms with E-state index in [4.69, 9.17) is 4.74 Å². The van der Waals surface area contributed by atoms with Crippen LogP contribution in [0.5, 0.6) is 5.75 Å². The maximum absolute atomic E-state index is 12.9. The molecular formula is C19H16N2O4. The van der Waals surface area contributed by atoms with Gasteiger partial charge in [0, 0.05) is 30.3 Å². The highest BCUT2D eigenvalue weighted by atomic mass is 16.5. The van der Waals surface area contributed by atoms with Crippen molar-refractivity contribution in [2.24, 2.45) is 4.99 Å². The number of fused-ring (bicyclic) bond motifs is 2. The number of aryl methyl sites for hydroxylation is 1. The van der Waals surface area contributed by atoms with Gasteiger partial charge in [-0.2, -0.15) is 0 Å². The molecule has 0 amide bonds. The first-order valence-electron chi connectivity index (χ1n) is 7.98. The van der Waals surface area contributed by atoms with Crippen molar-refractivity contribution in [3.05, 3.63) is 53.6 Å². The monoisotopic (exact) mass is 336 g/mol. The van der Waals surface area contributed by atoms with E-state index in [0.717, 1.165) is 5.56 Å². The predicted molar refractivity (Wildman–Crippen MR) is 92.7 cm³/mol. The fourth-order valence-corrected chi connectivity index (χ4v) is 3.38. The number of carbonyl (C=O) groups is 2. The fourth-order valence-electron chi connectivity index (χ4n) is 3.38. The summed E-state index contributed by atoms with van der Waals surface area (Å²) in [5, 5.41) is 11.0. The number of aliphatic imine (C=N–C) groups is 1. The Bertz CT molecular complexity index is 921. The van der Waals surface area contributed by atoms with Crippen molar-refractivity contribution < 1.29 is 19.4 Å². The molecule has 0 bridgehead atoms. The number of hydrogen-bond acceptors (Lipinski definition) is 6. The van der Waals surface area contributed by atoms with Crippen molar-refractivity contribution >= 4 is 29.5 Å². The SMILES string of the molecule is Cc1ccc2c(c1)C(=O)C1(O)CCN(c3cccc(OC=O)c3)C1=N2. The standard InChI is InChI=1S/C19H16N2O4/c1-12-5-6-16-15(9-12)17(23)19(24)7-8-21(18(19)20-16)13-3-2-4-14(10-13)25-11-22/h2-6,9-11,24H,7-8H2,1H3. The molecule has 0 aromatic heterocycles. The second-order valence-electron chi connectivity index (χ2n) is 6.26. The van der Waals surface area contributed by atoms with Crippen molar-refractivity contribution in [1.82, 2.24) is 0 Å². The highest BCUT2D eigenvalue weighted by Crippen LogP contribution is 2.40. The summed E-state index contributed by atoms with van der Waals surface area (Å²) in [5.41, 5.74) is 1.04. The van der Waals surface area contributed by atoms with Gasteiger partial charge in [-0.3, -0.25) is 9.59 Å². The van der Waals surface area contributed by atoms with E-state index in [1.807, 2.05) is 19.1 Å². The quantitative estimate of drug-likeness (QED) is 0.871. The maximum Gasteiger partial charge on any atom is 0.298 e. The summed E-state index contributed by atoms with van der Waals surface area (Å²) in [6.07, 6.45) is 0.261. The number of benzene rings is 2. The van der Waals surface area contributed by atoms with E-state index in [1.165, 1.54) is 0 Å². The summed E-state index contributed by atoms with van der Waals surface area (Å²) in [6.45, 7) is 2.70. The van der Waals surface area contributed by atoms with Crippen molar-refractivity contribution in [2.75, 3.05) is 11.4 Å². The van der Waals surface area contributed by atoms with Crippen LogP contribution in [0.25, 0.3) is 0 Å². The van der Waals surface area contributed by atoms with Crippen LogP contribution in [0.4, 0.5) is 11.4 Å². The van der Waals surface area contributed by atoms with Gasteiger partial charge in [-0.15, -0.1) is 0 Å². The number of Topliss-reactive ketones (excluding diaryl/α,β-unsaturated/α-hetero) is 1. The lowest BCUT2D eigenvalue weighted by molar-refractivity contribution is -0.120. The largest absolute Gasteiger partial charge is 0.429 e. The van der Waals surface area contributed by atoms with Crippen LogP contribution in [0, 0.1) is 6.92 Å². The van der Waals surface area contributed by atoms with Gasteiger partial charge in [-0.25, -0.2) is 4.99 Å². The average Bonchev–Trinajstić information content (AvgIpc) is 2.95. The minimum Gasteiger partial charge on any atom is -0.429 e. The van der Waals surface area contributed by atoms with Gasteiger partial charge in [0.25, 0.3) is 6.47 Å². The molecule has 126 valence electrons. The molecule has 1 unspecified atom stereocenters. The van der Waals surface area contributed by atoms with Crippen LogP contribution in [0.3, 0.4) is 0 Å². The van der Waals surface area contributed by atoms with E-state index in [0.29, 0.717) is 41.5 Å². The van der Waals surface area contributed by atoms with E-state index in [-0.39, 0.29) is 12.2 Å². The lowest BCUT2D eigenvalue weighted by atomic mass is 9.87. The maximum atomic E-state index is 12.9. The van der Waals surface area contributed by atoms with Crippen molar-refractivity contribution in [1.29, 1.82) is 0 Å². The molecule has 2 heterocycles. The molecule has 25 heavy (non-hydrogen) atoms. The zero-order valence-corrected chi connectivity index (χ0v) is 13.6. The Labute approximate surface area is 144 Å². The van der Waals surface area contributed by atoms with Crippen molar-refractivity contribution in [3.8, 4) is 5.75 Å². The summed E-state index contributed by atoms with van der Waals surface area (Å²) in [7, 11) is 0. The second-order valence-corrected chi connectivity index (χ2v) is 6.26. The number of anilines is 1. The van der Waals surface area contributed by atoms with Crippen molar-refractivity contribution in [2.45, 2.75) is 18.9 Å². The highest BCUT2D eigenvalue weighted by molar-refractivity contribution is 6.28. The van der Waals surface area contributed by atoms with E-state index in [1.54, 1.807) is 35.2 Å². The van der Waals surface area contributed by atoms with Gasteiger partial charge in [0.1, 0.15) is 11.6 Å². The Kier molecular flexibility index (Phi) is 3.43. The third-order valence-electron chi connectivity index (χ3n) is 4.63. The Balaban J connectivity index is 1.81. The number of ether oxygens (including phenoxy) is 1. The molecule has 0 saturated carbocycles. The third kappa shape index (κ3) is 2.34. The van der Waals surface area contributed by atoms with Gasteiger partial charge in [0.05, 0.1) is 5.69 Å². The minimum absolute atomic E-state index is 0.261. The van der Waals surface area contributed by atoms with Gasteiger partial charge in [-0.05, 0) is 31.2 Å². The minimum atomic E-state index is -1.62. The molecule has 6 heteroatoms. The van der Waals surface area contributed by atoms with E-state index < -0.39 is 5.60 Å². The second kappa shape index (κ2) is 5.53. The van der Waals surface area contributed by atoms with Gasteiger partial charge < -0.3 is 14.7 Å². The van der Waals surface area contributed by atoms with Crippen LogP contribution in [0.15, 0.2) is 47.5 Å². The summed E-state index contributed by atoms with van der Waals surface area (Å²) < 4.78 is 4.88. The average molecular weight is 336 g/mol. The Morgan fingerprint density at radius 3 is 2.92 bits per heavy atom. The number of nitrogens with zero attached hydrogens (tertiary/aromatic N) is 2. The summed E-state index contributed by atoms with van der Waals surface area (Å²) in [4.78, 5) is 29.8. The third-order valence-corrected chi connectivity index (χ3v) is 4.63. The topological polar surface area (TPSA) is 79.2 Å². The zero-order valence-electron chi connectivity index (χ0n) is 13.6. The Morgan fingerprint density at radius 1 is 1.28 bits per heavy atom. The van der Waals surface area contributed by atoms with Crippen LogP contribution >= 0.6 is 0 Å². The number of ketones is 1. The van der Waals surface area contributed by atoms with E-state index in [2.05, 4.69) is 4.99 Å². The van der Waals surface area contributed by atoms with E-state index in [9.17, 15) is 14.7 Å². The predicted octanol–water partition coefficient (Wildman–Crippen LogP) is 2.40. The molecule has 2 aromatic carbocycles. The number of rotatable bonds is 3. The Morgan fingerprint density at radius 2 is 2.12 bits per heavy atom. The lowest BCUT2D eigenvalue weighted by Gasteiger charge is -2.29. The molecular weight excluding hydrogens is 320 g/mol. The van der Waals surface area contributed by atoms with Gasteiger partial charge in [-0.1, -0.05) is 17.7 Å². The van der Waals surface area contributed by atoms with Crippen LogP contribution in [0.2, 0.25) is 0 Å². The molecule has 1 N–H and O–H groups in total. The molecule has 1 fully saturated rings. The van der Waals surface area contributed by atoms with Crippen LogP contribution < -0.4 is 9.64 Å². The molecule has 2 aliphatic rings. The van der Waals surface area contributed by atoms with Crippen LogP contribution in [-0.2, 0) is 4.79 Å². The highest BCUT2D eigenvalue weighted by Gasteiger charge is 2.52. The lowest BCUT2D eigenvalue weighted by Crippen LogP contribution is -2.48. The van der Waals surface area contributed by atoms with Crippen LogP contribution in [0.1, 0.15) is 22.3 Å². The molecule has 4 rings (SSSR count). The van der Waals surface area contributed by atoms with Crippen LogP contribution in [-0.4, -0.2) is 35.3 Å². The first-order valence-corrected chi connectivity index (χ1v) is 7.98. The molecule has 6 nitrogen and oxygen atoms in total. The first-order chi connectivity index (χ1) is 12.0. The molecule has 2 aliphatic heterocycles. The molecule has 2 aromatic rings. The Hall–Kier alpha value is -2.99.